The lowest BCUT2D eigenvalue weighted by Gasteiger charge is -2.26. The molecule has 1 aliphatic carbocycles. The molecule has 0 N–H and O–H groups in total. The predicted octanol–water partition coefficient (Wildman–Crippen LogP) is 4.29. The first kappa shape index (κ1) is 17.3. The van der Waals surface area contributed by atoms with Gasteiger partial charge >= 0.3 is 11.9 Å². The van der Waals surface area contributed by atoms with Crippen LogP contribution in [0.5, 0.6) is 11.5 Å². The minimum Gasteiger partial charge on any atom is -0.426 e. The average molecular weight is 316 g/mol. The molecular formula is C19H24O4. The van der Waals surface area contributed by atoms with E-state index in [1.165, 1.54) is 12.8 Å². The Bertz CT molecular complexity index is 539. The number of carbonyl (C=O) groups is 2. The summed E-state index contributed by atoms with van der Waals surface area (Å²) in [5.41, 5.74) is 0. The van der Waals surface area contributed by atoms with Gasteiger partial charge in [-0.1, -0.05) is 26.3 Å². The largest absolute Gasteiger partial charge is 0.426 e. The van der Waals surface area contributed by atoms with E-state index in [0.29, 0.717) is 11.5 Å². The van der Waals surface area contributed by atoms with Gasteiger partial charge in [0.15, 0.2) is 0 Å². The molecule has 0 aliphatic heterocycles. The fraction of sp³-hybridized carbons (Fsp3) is 0.474. The van der Waals surface area contributed by atoms with Crippen molar-refractivity contribution in [2.75, 3.05) is 0 Å². The zero-order valence-electron chi connectivity index (χ0n) is 13.6. The maximum atomic E-state index is 12.2. The molecule has 0 saturated heterocycles. The second kappa shape index (κ2) is 8.51. The molecule has 23 heavy (non-hydrogen) atoms. The molecule has 1 aromatic carbocycles. The van der Waals surface area contributed by atoms with Crippen LogP contribution in [0.3, 0.4) is 0 Å². The van der Waals surface area contributed by atoms with E-state index >= 15 is 0 Å². The van der Waals surface area contributed by atoms with Gasteiger partial charge in [-0.25, -0.2) is 4.79 Å². The van der Waals surface area contributed by atoms with Gasteiger partial charge in [0.05, 0.1) is 5.92 Å². The quantitative estimate of drug-likeness (QED) is 0.446. The lowest BCUT2D eigenvalue weighted by Crippen LogP contribution is -2.25. The van der Waals surface area contributed by atoms with Crippen molar-refractivity contribution in [3.63, 3.8) is 0 Å². The SMILES string of the molecule is C=CC(=O)Oc1ccc(OC(=O)C2CCC(CCC)CC2)cc1. The zero-order chi connectivity index (χ0) is 16.7. The van der Waals surface area contributed by atoms with Crippen molar-refractivity contribution >= 4 is 11.9 Å². The third-order valence-corrected chi connectivity index (χ3v) is 4.30. The predicted molar refractivity (Wildman–Crippen MR) is 88.3 cm³/mol. The summed E-state index contributed by atoms with van der Waals surface area (Å²) in [4.78, 5) is 23.3. The molecule has 2 rings (SSSR count). The van der Waals surface area contributed by atoms with Gasteiger partial charge in [0.25, 0.3) is 0 Å². The van der Waals surface area contributed by atoms with Crippen LogP contribution in [0.4, 0.5) is 0 Å². The summed E-state index contributed by atoms with van der Waals surface area (Å²) in [6, 6.07) is 6.46. The van der Waals surface area contributed by atoms with Gasteiger partial charge < -0.3 is 9.47 Å². The van der Waals surface area contributed by atoms with E-state index in [2.05, 4.69) is 13.5 Å². The van der Waals surface area contributed by atoms with Crippen molar-refractivity contribution in [1.82, 2.24) is 0 Å². The number of rotatable bonds is 6. The van der Waals surface area contributed by atoms with Crippen LogP contribution in [0.15, 0.2) is 36.9 Å². The Morgan fingerprint density at radius 1 is 1.09 bits per heavy atom. The Morgan fingerprint density at radius 3 is 2.17 bits per heavy atom. The molecule has 124 valence electrons. The summed E-state index contributed by atoms with van der Waals surface area (Å²) >= 11 is 0. The summed E-state index contributed by atoms with van der Waals surface area (Å²) in [5, 5.41) is 0. The maximum absolute atomic E-state index is 12.2. The Hall–Kier alpha value is -2.10. The molecule has 1 fully saturated rings. The summed E-state index contributed by atoms with van der Waals surface area (Å²) in [7, 11) is 0. The highest BCUT2D eigenvalue weighted by Gasteiger charge is 2.27. The maximum Gasteiger partial charge on any atom is 0.335 e. The van der Waals surface area contributed by atoms with Crippen molar-refractivity contribution in [3.05, 3.63) is 36.9 Å². The van der Waals surface area contributed by atoms with Gasteiger partial charge in [0.2, 0.25) is 0 Å². The fourth-order valence-electron chi connectivity index (χ4n) is 3.03. The van der Waals surface area contributed by atoms with Crippen LogP contribution in [0.25, 0.3) is 0 Å². The molecule has 1 aliphatic rings. The first-order valence-corrected chi connectivity index (χ1v) is 8.28. The second-order valence-corrected chi connectivity index (χ2v) is 6.02. The molecule has 1 saturated carbocycles. The van der Waals surface area contributed by atoms with Crippen LogP contribution >= 0.6 is 0 Å². The second-order valence-electron chi connectivity index (χ2n) is 6.02. The molecule has 0 aromatic heterocycles. The smallest absolute Gasteiger partial charge is 0.335 e. The third-order valence-electron chi connectivity index (χ3n) is 4.30. The molecule has 0 bridgehead atoms. The summed E-state index contributed by atoms with van der Waals surface area (Å²) in [5.74, 6) is 0.970. The number of carbonyl (C=O) groups excluding carboxylic acids is 2. The van der Waals surface area contributed by atoms with Gasteiger partial charge in [-0.2, -0.15) is 0 Å². The van der Waals surface area contributed by atoms with E-state index < -0.39 is 5.97 Å². The van der Waals surface area contributed by atoms with Gasteiger partial charge in [-0.05, 0) is 55.9 Å². The lowest BCUT2D eigenvalue weighted by molar-refractivity contribution is -0.140. The van der Waals surface area contributed by atoms with Crippen LogP contribution in [0.1, 0.15) is 45.4 Å². The summed E-state index contributed by atoms with van der Waals surface area (Å²) in [6.07, 6.45) is 7.63. The van der Waals surface area contributed by atoms with Crippen molar-refractivity contribution in [2.45, 2.75) is 45.4 Å². The Balaban J connectivity index is 1.83. The van der Waals surface area contributed by atoms with Crippen LogP contribution in [-0.2, 0) is 9.59 Å². The van der Waals surface area contributed by atoms with Crippen molar-refractivity contribution < 1.29 is 19.1 Å². The molecule has 0 amide bonds. The number of ether oxygens (including phenoxy) is 2. The molecule has 4 nitrogen and oxygen atoms in total. The third kappa shape index (κ3) is 5.23. The van der Waals surface area contributed by atoms with E-state index in [4.69, 9.17) is 9.47 Å². The molecule has 0 unspecified atom stereocenters. The first-order valence-electron chi connectivity index (χ1n) is 8.28. The first-order chi connectivity index (χ1) is 11.1. The van der Waals surface area contributed by atoms with E-state index in [0.717, 1.165) is 37.7 Å². The van der Waals surface area contributed by atoms with Gasteiger partial charge in [-0.15, -0.1) is 0 Å². The Morgan fingerprint density at radius 2 is 1.65 bits per heavy atom. The minimum absolute atomic E-state index is 0.00127. The van der Waals surface area contributed by atoms with Crippen LogP contribution in [0.2, 0.25) is 0 Å². The normalized spacial score (nSPS) is 20.6. The molecule has 0 radical (unpaired) electrons. The molecule has 0 heterocycles. The van der Waals surface area contributed by atoms with Crippen LogP contribution in [0, 0.1) is 11.8 Å². The fourth-order valence-corrected chi connectivity index (χ4v) is 3.03. The van der Waals surface area contributed by atoms with Gasteiger partial charge in [0, 0.05) is 6.08 Å². The van der Waals surface area contributed by atoms with E-state index in [-0.39, 0.29) is 11.9 Å². The van der Waals surface area contributed by atoms with E-state index in [1.54, 1.807) is 24.3 Å². The van der Waals surface area contributed by atoms with E-state index in [1.807, 2.05) is 0 Å². The summed E-state index contributed by atoms with van der Waals surface area (Å²) in [6.45, 7) is 5.54. The molecular weight excluding hydrogens is 292 g/mol. The Kier molecular flexibility index (Phi) is 6.39. The van der Waals surface area contributed by atoms with Gasteiger partial charge in [0.1, 0.15) is 11.5 Å². The number of hydrogen-bond donors (Lipinski definition) is 0. The molecule has 0 atom stereocenters. The highest BCUT2D eigenvalue weighted by Crippen LogP contribution is 2.32. The zero-order valence-corrected chi connectivity index (χ0v) is 13.6. The van der Waals surface area contributed by atoms with Crippen molar-refractivity contribution in [1.29, 1.82) is 0 Å². The highest BCUT2D eigenvalue weighted by atomic mass is 16.5. The number of hydrogen-bond acceptors (Lipinski definition) is 4. The van der Waals surface area contributed by atoms with E-state index in [9.17, 15) is 9.59 Å². The molecule has 0 spiro atoms. The minimum atomic E-state index is -0.515. The number of benzene rings is 1. The topological polar surface area (TPSA) is 52.6 Å². The molecule has 4 heteroatoms. The van der Waals surface area contributed by atoms with Crippen molar-refractivity contribution in [3.8, 4) is 11.5 Å². The number of esters is 2. The van der Waals surface area contributed by atoms with Crippen LogP contribution in [-0.4, -0.2) is 11.9 Å². The summed E-state index contributed by atoms with van der Waals surface area (Å²) < 4.78 is 10.4. The standard InChI is InChI=1S/C19H24O4/c1-3-5-14-6-8-15(9-7-14)19(21)23-17-12-10-16(11-13-17)22-18(20)4-2/h4,10-15H,2-3,5-9H2,1H3. The van der Waals surface area contributed by atoms with Gasteiger partial charge in [-0.3, -0.25) is 4.79 Å². The average Bonchev–Trinajstić information content (AvgIpc) is 2.57. The Labute approximate surface area is 137 Å². The molecule has 1 aromatic rings. The van der Waals surface area contributed by atoms with Crippen molar-refractivity contribution in [2.24, 2.45) is 11.8 Å². The van der Waals surface area contributed by atoms with Crippen LogP contribution < -0.4 is 9.47 Å². The lowest BCUT2D eigenvalue weighted by atomic mass is 9.80. The highest BCUT2D eigenvalue weighted by molar-refractivity contribution is 5.83. The monoisotopic (exact) mass is 316 g/mol.